The highest BCUT2D eigenvalue weighted by Crippen LogP contribution is 2.39. The van der Waals surface area contributed by atoms with Gasteiger partial charge in [0.2, 0.25) is 0 Å². The third-order valence-corrected chi connectivity index (χ3v) is 3.87. The molecule has 0 saturated heterocycles. The molecule has 0 bridgehead atoms. The Hall–Kier alpha value is -1.32. The van der Waals surface area contributed by atoms with E-state index in [-0.39, 0.29) is 5.54 Å². The van der Waals surface area contributed by atoms with Crippen LogP contribution in [0.2, 0.25) is 0 Å². The first-order valence-electron chi connectivity index (χ1n) is 6.20. The largest absolute Gasteiger partial charge is 0.379 e. The van der Waals surface area contributed by atoms with E-state index in [4.69, 9.17) is 0 Å². The van der Waals surface area contributed by atoms with E-state index in [1.165, 1.54) is 25.3 Å². The number of hydrogen-bond acceptors (Lipinski definition) is 2. The zero-order valence-electron chi connectivity index (χ0n) is 9.65. The van der Waals surface area contributed by atoms with Gasteiger partial charge in [-0.3, -0.25) is 0 Å². The molecule has 1 spiro atoms. The second-order valence-corrected chi connectivity index (χ2v) is 5.13. The van der Waals surface area contributed by atoms with Crippen molar-refractivity contribution in [2.45, 2.75) is 37.6 Å². The van der Waals surface area contributed by atoms with Gasteiger partial charge in [-0.05, 0) is 18.9 Å². The van der Waals surface area contributed by atoms with Crippen LogP contribution in [0, 0.1) is 11.6 Å². The van der Waals surface area contributed by atoms with E-state index < -0.39 is 11.6 Å². The summed E-state index contributed by atoms with van der Waals surface area (Å²) in [7, 11) is 0. The average Bonchev–Trinajstić information content (AvgIpc) is 2.29. The van der Waals surface area contributed by atoms with Crippen LogP contribution in [0.5, 0.6) is 0 Å². The second-order valence-electron chi connectivity index (χ2n) is 5.13. The molecule has 1 aliphatic carbocycles. The average molecular weight is 238 g/mol. The Kier molecular flexibility index (Phi) is 2.45. The molecular formula is C13H16F2N2. The lowest BCUT2D eigenvalue weighted by Crippen LogP contribution is -2.49. The molecule has 1 fully saturated rings. The van der Waals surface area contributed by atoms with E-state index in [0.717, 1.165) is 25.5 Å². The molecule has 0 atom stereocenters. The zero-order chi connectivity index (χ0) is 11.9. The highest BCUT2D eigenvalue weighted by molar-refractivity contribution is 5.73. The van der Waals surface area contributed by atoms with E-state index in [2.05, 4.69) is 10.6 Å². The number of fused-ring (bicyclic) bond motifs is 1. The number of benzene rings is 1. The van der Waals surface area contributed by atoms with Crippen molar-refractivity contribution in [1.29, 1.82) is 0 Å². The topological polar surface area (TPSA) is 24.1 Å². The van der Waals surface area contributed by atoms with E-state index in [0.29, 0.717) is 11.4 Å². The van der Waals surface area contributed by atoms with Gasteiger partial charge >= 0.3 is 0 Å². The van der Waals surface area contributed by atoms with Crippen LogP contribution in [0.3, 0.4) is 0 Å². The van der Waals surface area contributed by atoms with Crippen LogP contribution < -0.4 is 10.6 Å². The molecule has 1 aliphatic heterocycles. The molecule has 0 aromatic heterocycles. The Morgan fingerprint density at radius 1 is 1.06 bits per heavy atom. The van der Waals surface area contributed by atoms with Gasteiger partial charge in [0.15, 0.2) is 5.82 Å². The molecule has 1 aromatic carbocycles. The molecule has 1 heterocycles. The predicted octanol–water partition coefficient (Wildman–Crippen LogP) is 3.51. The summed E-state index contributed by atoms with van der Waals surface area (Å²) >= 11 is 0. The van der Waals surface area contributed by atoms with Gasteiger partial charge in [0, 0.05) is 12.6 Å². The van der Waals surface area contributed by atoms with E-state index >= 15 is 0 Å². The molecule has 92 valence electrons. The molecule has 0 radical (unpaired) electrons. The fourth-order valence-corrected chi connectivity index (χ4v) is 2.97. The second kappa shape index (κ2) is 3.86. The van der Waals surface area contributed by atoms with Crippen LogP contribution in [0.4, 0.5) is 20.2 Å². The standard InChI is InChI=1S/C13H16F2N2/c14-9-6-10(15)12-11(7-9)17-13(8-16-12)4-2-1-3-5-13/h6-7,16-17H,1-5,8H2. The molecule has 2 N–H and O–H groups in total. The molecule has 0 amide bonds. The third-order valence-electron chi connectivity index (χ3n) is 3.87. The zero-order valence-corrected chi connectivity index (χ0v) is 9.65. The van der Waals surface area contributed by atoms with Gasteiger partial charge in [-0.1, -0.05) is 19.3 Å². The van der Waals surface area contributed by atoms with Crippen LogP contribution >= 0.6 is 0 Å². The molecule has 4 heteroatoms. The van der Waals surface area contributed by atoms with Crippen LogP contribution in [0.15, 0.2) is 12.1 Å². The summed E-state index contributed by atoms with van der Waals surface area (Å²) in [5, 5.41) is 6.47. The van der Waals surface area contributed by atoms with E-state index in [1.807, 2.05) is 0 Å². The lowest BCUT2D eigenvalue weighted by molar-refractivity contribution is 0.333. The van der Waals surface area contributed by atoms with Crippen LogP contribution in [0.25, 0.3) is 0 Å². The molecule has 17 heavy (non-hydrogen) atoms. The highest BCUT2D eigenvalue weighted by Gasteiger charge is 2.36. The minimum absolute atomic E-state index is 0.00845. The van der Waals surface area contributed by atoms with Crippen molar-refractivity contribution in [1.82, 2.24) is 0 Å². The van der Waals surface area contributed by atoms with Crippen molar-refractivity contribution in [2.75, 3.05) is 17.2 Å². The SMILES string of the molecule is Fc1cc(F)c2c(c1)NC1(CCCCC1)CN2. The predicted molar refractivity (Wildman–Crippen MR) is 64.3 cm³/mol. The maximum atomic E-state index is 13.5. The summed E-state index contributed by atoms with van der Waals surface area (Å²) in [5.41, 5.74) is 0.962. The van der Waals surface area contributed by atoms with Crippen LogP contribution in [-0.2, 0) is 0 Å². The van der Waals surface area contributed by atoms with Crippen molar-refractivity contribution in [3.8, 4) is 0 Å². The van der Waals surface area contributed by atoms with Gasteiger partial charge in [-0.15, -0.1) is 0 Å². The smallest absolute Gasteiger partial charge is 0.151 e. The molecule has 3 rings (SSSR count). The highest BCUT2D eigenvalue weighted by atomic mass is 19.1. The van der Waals surface area contributed by atoms with E-state index in [1.54, 1.807) is 0 Å². The summed E-state index contributed by atoms with van der Waals surface area (Å²) in [6, 6.07) is 2.30. The fraction of sp³-hybridized carbons (Fsp3) is 0.538. The number of halogens is 2. The van der Waals surface area contributed by atoms with Gasteiger partial charge in [0.1, 0.15) is 5.82 Å². The lowest BCUT2D eigenvalue weighted by Gasteiger charge is -2.43. The van der Waals surface area contributed by atoms with Crippen molar-refractivity contribution in [3.63, 3.8) is 0 Å². The molecule has 2 aliphatic rings. The monoisotopic (exact) mass is 238 g/mol. The van der Waals surface area contributed by atoms with E-state index in [9.17, 15) is 8.78 Å². The maximum absolute atomic E-state index is 13.5. The molecular weight excluding hydrogens is 222 g/mol. The molecule has 0 unspecified atom stereocenters. The number of anilines is 2. The molecule has 2 nitrogen and oxygen atoms in total. The van der Waals surface area contributed by atoms with Crippen molar-refractivity contribution >= 4 is 11.4 Å². The maximum Gasteiger partial charge on any atom is 0.151 e. The minimum Gasteiger partial charge on any atom is -0.379 e. The third kappa shape index (κ3) is 1.85. The Morgan fingerprint density at radius 2 is 1.82 bits per heavy atom. The Balaban J connectivity index is 1.94. The van der Waals surface area contributed by atoms with Gasteiger partial charge in [0.25, 0.3) is 0 Å². The van der Waals surface area contributed by atoms with Crippen molar-refractivity contribution < 1.29 is 8.78 Å². The van der Waals surface area contributed by atoms with Crippen molar-refractivity contribution in [2.24, 2.45) is 0 Å². The van der Waals surface area contributed by atoms with Gasteiger partial charge in [-0.2, -0.15) is 0 Å². The van der Waals surface area contributed by atoms with Gasteiger partial charge < -0.3 is 10.6 Å². The number of rotatable bonds is 0. The first-order valence-corrected chi connectivity index (χ1v) is 6.20. The minimum atomic E-state index is -0.525. The Morgan fingerprint density at radius 3 is 2.59 bits per heavy atom. The first-order chi connectivity index (χ1) is 8.19. The molecule has 1 saturated carbocycles. The quantitative estimate of drug-likeness (QED) is 0.722. The summed E-state index contributed by atoms with van der Waals surface area (Å²) in [5.74, 6) is -1.04. The number of hydrogen-bond donors (Lipinski definition) is 2. The van der Waals surface area contributed by atoms with Crippen LogP contribution in [-0.4, -0.2) is 12.1 Å². The van der Waals surface area contributed by atoms with Gasteiger partial charge in [-0.25, -0.2) is 8.78 Å². The summed E-state index contributed by atoms with van der Waals surface area (Å²) in [6.07, 6.45) is 5.76. The Bertz CT molecular complexity index is 439. The van der Waals surface area contributed by atoms with Crippen LogP contribution in [0.1, 0.15) is 32.1 Å². The lowest BCUT2D eigenvalue weighted by atomic mass is 9.80. The number of nitrogens with one attached hydrogen (secondary N) is 2. The Labute approximate surface area is 99.4 Å². The normalized spacial score (nSPS) is 21.5. The summed E-state index contributed by atoms with van der Waals surface area (Å²) < 4.78 is 26.7. The summed E-state index contributed by atoms with van der Waals surface area (Å²) in [6.45, 7) is 0.725. The summed E-state index contributed by atoms with van der Waals surface area (Å²) in [4.78, 5) is 0. The first kappa shape index (κ1) is 10.8. The van der Waals surface area contributed by atoms with Gasteiger partial charge in [0.05, 0.1) is 16.9 Å². The van der Waals surface area contributed by atoms with Crippen molar-refractivity contribution in [3.05, 3.63) is 23.8 Å². The fourth-order valence-electron chi connectivity index (χ4n) is 2.97. The molecule has 1 aromatic rings.